The molecule has 2 N–H and O–H groups in total. The van der Waals surface area contributed by atoms with Crippen molar-refractivity contribution in [1.29, 1.82) is 0 Å². The van der Waals surface area contributed by atoms with Crippen LogP contribution >= 0.6 is 0 Å². The highest BCUT2D eigenvalue weighted by molar-refractivity contribution is 6.07. The Balaban J connectivity index is 1.23. The number of piperazine rings is 1. The molecule has 0 radical (unpaired) electrons. The Kier molecular flexibility index (Phi) is 6.43. The highest BCUT2D eigenvalue weighted by Gasteiger charge is 2.32. The predicted octanol–water partition coefficient (Wildman–Crippen LogP) is 3.33. The minimum atomic E-state index is -0.112. The van der Waals surface area contributed by atoms with Crippen molar-refractivity contribution in [2.75, 3.05) is 48.3 Å². The maximum absolute atomic E-state index is 13.4. The molecule has 36 heavy (non-hydrogen) atoms. The molecular weight excluding hydrogens is 452 g/mol. The molecule has 188 valence electrons. The molecular formula is C28H34N6O2. The van der Waals surface area contributed by atoms with Crippen LogP contribution in [0.2, 0.25) is 0 Å². The van der Waals surface area contributed by atoms with Crippen LogP contribution in [0.25, 0.3) is 0 Å². The SMILES string of the molecule is Cc1ccc(N2CCc3c(N)nn(CCC(=O)N4CCN(c5cccc(C)c5C)CC4)c3C2=O)cc1. The molecule has 1 saturated heterocycles. The van der Waals surface area contributed by atoms with E-state index in [0.29, 0.717) is 44.1 Å². The summed E-state index contributed by atoms with van der Waals surface area (Å²) in [4.78, 5) is 32.5. The molecule has 8 nitrogen and oxygen atoms in total. The van der Waals surface area contributed by atoms with Crippen molar-refractivity contribution in [1.82, 2.24) is 14.7 Å². The van der Waals surface area contributed by atoms with E-state index in [1.807, 2.05) is 36.1 Å². The van der Waals surface area contributed by atoms with Gasteiger partial charge in [-0.2, -0.15) is 5.10 Å². The number of aryl methyl sites for hydroxylation is 3. The molecule has 0 saturated carbocycles. The summed E-state index contributed by atoms with van der Waals surface area (Å²) in [6.07, 6.45) is 0.934. The number of carbonyl (C=O) groups excluding carboxylic acids is 2. The average Bonchev–Trinajstić information content (AvgIpc) is 3.21. The predicted molar refractivity (Wildman–Crippen MR) is 143 cm³/mol. The van der Waals surface area contributed by atoms with Crippen LogP contribution in [0.1, 0.15) is 39.2 Å². The van der Waals surface area contributed by atoms with Gasteiger partial charge in [0.1, 0.15) is 11.5 Å². The van der Waals surface area contributed by atoms with Gasteiger partial charge in [-0.25, -0.2) is 0 Å². The average molecular weight is 487 g/mol. The van der Waals surface area contributed by atoms with Gasteiger partial charge in [-0.1, -0.05) is 29.8 Å². The quantitative estimate of drug-likeness (QED) is 0.598. The first kappa shape index (κ1) is 23.9. The van der Waals surface area contributed by atoms with Crippen LogP contribution in [-0.4, -0.2) is 59.2 Å². The third-order valence-corrected chi connectivity index (χ3v) is 7.55. The van der Waals surface area contributed by atoms with E-state index in [1.165, 1.54) is 16.8 Å². The molecule has 2 amide bonds. The van der Waals surface area contributed by atoms with Gasteiger partial charge in [0, 0.05) is 56.1 Å². The number of benzene rings is 2. The molecule has 0 spiro atoms. The summed E-state index contributed by atoms with van der Waals surface area (Å²) in [6, 6.07) is 14.3. The molecule has 2 aliphatic heterocycles. The zero-order valence-corrected chi connectivity index (χ0v) is 21.3. The number of anilines is 3. The second-order valence-electron chi connectivity index (χ2n) is 9.81. The lowest BCUT2D eigenvalue weighted by molar-refractivity contribution is -0.131. The Labute approximate surface area is 212 Å². The number of amides is 2. The number of aromatic nitrogens is 2. The fourth-order valence-corrected chi connectivity index (χ4v) is 5.22. The summed E-state index contributed by atoms with van der Waals surface area (Å²) < 4.78 is 1.64. The van der Waals surface area contributed by atoms with Crippen molar-refractivity contribution in [2.24, 2.45) is 0 Å². The first-order valence-corrected chi connectivity index (χ1v) is 12.7. The molecule has 1 fully saturated rings. The molecule has 0 bridgehead atoms. The number of carbonyl (C=O) groups is 2. The molecule has 1 aromatic heterocycles. The van der Waals surface area contributed by atoms with Gasteiger partial charge in [0.05, 0.1) is 6.54 Å². The van der Waals surface area contributed by atoms with Crippen LogP contribution < -0.4 is 15.5 Å². The third kappa shape index (κ3) is 4.43. The van der Waals surface area contributed by atoms with Gasteiger partial charge in [0.25, 0.3) is 5.91 Å². The van der Waals surface area contributed by atoms with Crippen LogP contribution in [0.4, 0.5) is 17.2 Å². The normalized spacial score (nSPS) is 15.9. The van der Waals surface area contributed by atoms with E-state index in [9.17, 15) is 9.59 Å². The van der Waals surface area contributed by atoms with Gasteiger partial charge < -0.3 is 20.4 Å². The Morgan fingerprint density at radius 1 is 0.972 bits per heavy atom. The molecule has 3 heterocycles. The van der Waals surface area contributed by atoms with Crippen molar-refractivity contribution in [2.45, 2.75) is 40.2 Å². The maximum atomic E-state index is 13.4. The van der Waals surface area contributed by atoms with Crippen LogP contribution in [-0.2, 0) is 17.8 Å². The van der Waals surface area contributed by atoms with Crippen molar-refractivity contribution in [3.05, 3.63) is 70.4 Å². The molecule has 0 unspecified atom stereocenters. The van der Waals surface area contributed by atoms with E-state index < -0.39 is 0 Å². The number of nitrogen functional groups attached to an aromatic ring is 1. The summed E-state index contributed by atoms with van der Waals surface area (Å²) in [5.41, 5.74) is 13.3. The van der Waals surface area contributed by atoms with Crippen LogP contribution in [0, 0.1) is 20.8 Å². The zero-order chi connectivity index (χ0) is 25.4. The topological polar surface area (TPSA) is 87.7 Å². The largest absolute Gasteiger partial charge is 0.382 e. The number of hydrogen-bond donors (Lipinski definition) is 1. The van der Waals surface area contributed by atoms with Crippen LogP contribution in [0.3, 0.4) is 0 Å². The zero-order valence-electron chi connectivity index (χ0n) is 21.3. The molecule has 8 heteroatoms. The number of nitrogens with two attached hydrogens (primary N) is 1. The van der Waals surface area contributed by atoms with Crippen molar-refractivity contribution < 1.29 is 9.59 Å². The number of hydrogen-bond acceptors (Lipinski definition) is 5. The Bertz CT molecular complexity index is 1290. The molecule has 0 aliphatic carbocycles. The van der Waals surface area contributed by atoms with Gasteiger partial charge in [-0.15, -0.1) is 0 Å². The minimum absolute atomic E-state index is 0.0806. The molecule has 2 aliphatic rings. The standard InChI is InChI=1S/C28H34N6O2/c1-19-7-9-22(10-8-19)33-13-11-23-26(28(33)36)34(30-27(23)29)14-12-25(35)32-17-15-31(16-18-32)24-6-4-5-20(2)21(24)3/h4-10H,11-18H2,1-3H3,(H2,29,30). The lowest BCUT2D eigenvalue weighted by atomic mass is 10.0. The second kappa shape index (κ2) is 9.68. The fourth-order valence-electron chi connectivity index (χ4n) is 5.22. The smallest absolute Gasteiger partial charge is 0.276 e. The minimum Gasteiger partial charge on any atom is -0.382 e. The molecule has 3 aromatic rings. The summed E-state index contributed by atoms with van der Waals surface area (Å²) >= 11 is 0. The first-order chi connectivity index (χ1) is 17.3. The van der Waals surface area contributed by atoms with Crippen molar-refractivity contribution >= 4 is 29.0 Å². The fraction of sp³-hybridized carbons (Fsp3) is 0.393. The highest BCUT2D eigenvalue weighted by Crippen LogP contribution is 2.28. The number of rotatable bonds is 5. The summed E-state index contributed by atoms with van der Waals surface area (Å²) in [5.74, 6) is 0.354. The third-order valence-electron chi connectivity index (χ3n) is 7.55. The summed E-state index contributed by atoms with van der Waals surface area (Å²) in [5, 5.41) is 4.44. The van der Waals surface area contributed by atoms with Crippen molar-refractivity contribution in [3.63, 3.8) is 0 Å². The number of nitrogens with zero attached hydrogens (tertiary/aromatic N) is 5. The van der Waals surface area contributed by atoms with Gasteiger partial charge in [0.2, 0.25) is 5.91 Å². The lowest BCUT2D eigenvalue weighted by Crippen LogP contribution is -2.49. The van der Waals surface area contributed by atoms with E-state index in [-0.39, 0.29) is 18.2 Å². The monoisotopic (exact) mass is 486 g/mol. The maximum Gasteiger partial charge on any atom is 0.276 e. The van der Waals surface area contributed by atoms with E-state index in [2.05, 4.69) is 42.0 Å². The van der Waals surface area contributed by atoms with Gasteiger partial charge in [-0.3, -0.25) is 14.3 Å². The Morgan fingerprint density at radius 3 is 2.42 bits per heavy atom. The second-order valence-corrected chi connectivity index (χ2v) is 9.81. The molecule has 2 aromatic carbocycles. The summed E-state index contributed by atoms with van der Waals surface area (Å²) in [6.45, 7) is 10.2. The van der Waals surface area contributed by atoms with Crippen LogP contribution in [0.15, 0.2) is 42.5 Å². The van der Waals surface area contributed by atoms with E-state index >= 15 is 0 Å². The Morgan fingerprint density at radius 2 is 1.69 bits per heavy atom. The Hall–Kier alpha value is -3.81. The summed E-state index contributed by atoms with van der Waals surface area (Å²) in [7, 11) is 0. The molecule has 5 rings (SSSR count). The van der Waals surface area contributed by atoms with Gasteiger partial charge in [-0.05, 0) is 56.5 Å². The van der Waals surface area contributed by atoms with Crippen molar-refractivity contribution in [3.8, 4) is 0 Å². The van der Waals surface area contributed by atoms with Gasteiger partial charge in [0.15, 0.2) is 0 Å². The van der Waals surface area contributed by atoms with Gasteiger partial charge >= 0.3 is 0 Å². The highest BCUT2D eigenvalue weighted by atomic mass is 16.2. The van der Waals surface area contributed by atoms with E-state index in [0.717, 1.165) is 29.9 Å². The van der Waals surface area contributed by atoms with E-state index in [1.54, 1.807) is 9.58 Å². The number of fused-ring (bicyclic) bond motifs is 1. The lowest BCUT2D eigenvalue weighted by Gasteiger charge is -2.37. The van der Waals surface area contributed by atoms with E-state index in [4.69, 9.17) is 5.73 Å². The molecule has 0 atom stereocenters. The first-order valence-electron chi connectivity index (χ1n) is 12.7. The van der Waals surface area contributed by atoms with Crippen LogP contribution in [0.5, 0.6) is 0 Å².